The lowest BCUT2D eigenvalue weighted by Gasteiger charge is -2.20. The molecule has 1 atom stereocenters. The Kier molecular flexibility index (Phi) is 4.60. The minimum atomic E-state index is 0.143. The first kappa shape index (κ1) is 13.1. The molecule has 1 aromatic rings. The monoisotopic (exact) mass is 288 g/mol. The molecule has 0 bridgehead atoms. The van der Waals surface area contributed by atoms with Crippen LogP contribution in [0.1, 0.15) is 24.9 Å². The summed E-state index contributed by atoms with van der Waals surface area (Å²) in [5.41, 5.74) is 1.05. The summed E-state index contributed by atoms with van der Waals surface area (Å²) < 4.78 is 0. The Balaban J connectivity index is 2.08. The molecule has 1 N–H and O–H groups in total. The fourth-order valence-electron chi connectivity index (χ4n) is 1.66. The third kappa shape index (κ3) is 3.54. The molecule has 1 heterocycles. The van der Waals surface area contributed by atoms with E-state index in [0.717, 1.165) is 29.4 Å². The van der Waals surface area contributed by atoms with Crippen molar-refractivity contribution in [3.05, 3.63) is 33.8 Å². The molecule has 0 radical (unpaired) electrons. The fourth-order valence-corrected chi connectivity index (χ4v) is 3.14. The van der Waals surface area contributed by atoms with Gasteiger partial charge in [-0.1, -0.05) is 41.0 Å². The van der Waals surface area contributed by atoms with Gasteiger partial charge in [-0.15, -0.1) is 0 Å². The molecule has 1 aromatic carbocycles. The van der Waals surface area contributed by atoms with E-state index >= 15 is 0 Å². The Bertz CT molecular complexity index is 435. The number of aliphatic imine (C=N–C) groups is 1. The normalized spacial score (nSPS) is 17.5. The Morgan fingerprint density at radius 2 is 2.24 bits per heavy atom. The number of benzene rings is 1. The first-order valence-corrected chi connectivity index (χ1v) is 7.29. The van der Waals surface area contributed by atoms with Crippen molar-refractivity contribution in [2.75, 3.05) is 12.3 Å². The van der Waals surface area contributed by atoms with Crippen molar-refractivity contribution in [2.45, 2.75) is 19.4 Å². The number of amidine groups is 1. The third-order valence-corrected chi connectivity index (χ3v) is 4.14. The maximum absolute atomic E-state index is 6.17. The van der Waals surface area contributed by atoms with Gasteiger partial charge in [-0.2, -0.15) is 0 Å². The molecule has 0 aromatic heterocycles. The molecule has 0 fully saturated rings. The van der Waals surface area contributed by atoms with E-state index in [1.165, 1.54) is 0 Å². The largest absolute Gasteiger partial charge is 0.358 e. The van der Waals surface area contributed by atoms with Gasteiger partial charge in [-0.05, 0) is 31.0 Å². The van der Waals surface area contributed by atoms with Gasteiger partial charge in [0.2, 0.25) is 0 Å². The highest BCUT2D eigenvalue weighted by Crippen LogP contribution is 2.26. The van der Waals surface area contributed by atoms with Gasteiger partial charge >= 0.3 is 0 Å². The van der Waals surface area contributed by atoms with Crippen molar-refractivity contribution in [3.63, 3.8) is 0 Å². The van der Waals surface area contributed by atoms with Crippen LogP contribution in [0.3, 0.4) is 0 Å². The van der Waals surface area contributed by atoms with Gasteiger partial charge in [0, 0.05) is 22.3 Å². The summed E-state index contributed by atoms with van der Waals surface area (Å²) in [5, 5.41) is 5.75. The summed E-state index contributed by atoms with van der Waals surface area (Å²) in [7, 11) is 0. The molecule has 0 amide bonds. The molecule has 92 valence electrons. The average molecular weight is 289 g/mol. The topological polar surface area (TPSA) is 24.4 Å². The van der Waals surface area contributed by atoms with Crippen LogP contribution < -0.4 is 5.32 Å². The van der Waals surface area contributed by atoms with Crippen molar-refractivity contribution in [1.29, 1.82) is 0 Å². The molecule has 0 spiro atoms. The van der Waals surface area contributed by atoms with E-state index in [1.807, 2.05) is 12.1 Å². The number of halogens is 2. The predicted octanol–water partition coefficient (Wildman–Crippen LogP) is 4.14. The second-order valence-corrected chi connectivity index (χ2v) is 5.85. The molecule has 2 rings (SSSR count). The van der Waals surface area contributed by atoms with Crippen LogP contribution in [-0.2, 0) is 0 Å². The Labute approximate surface area is 116 Å². The van der Waals surface area contributed by atoms with Gasteiger partial charge in [-0.25, -0.2) is 0 Å². The average Bonchev–Trinajstić information content (AvgIpc) is 2.30. The van der Waals surface area contributed by atoms with Gasteiger partial charge in [0.25, 0.3) is 0 Å². The van der Waals surface area contributed by atoms with Crippen LogP contribution >= 0.6 is 35.0 Å². The minimum Gasteiger partial charge on any atom is -0.358 e. The van der Waals surface area contributed by atoms with Crippen molar-refractivity contribution < 1.29 is 0 Å². The number of rotatable bonds is 2. The molecule has 17 heavy (non-hydrogen) atoms. The highest BCUT2D eigenvalue weighted by molar-refractivity contribution is 8.13. The molecule has 1 aliphatic rings. The van der Waals surface area contributed by atoms with Gasteiger partial charge in [0.1, 0.15) is 0 Å². The lowest BCUT2D eigenvalue weighted by Crippen LogP contribution is -2.26. The molecule has 0 aliphatic carbocycles. The maximum atomic E-state index is 6.17. The van der Waals surface area contributed by atoms with E-state index in [2.05, 4.69) is 17.2 Å². The number of hydrogen-bond acceptors (Lipinski definition) is 3. The summed E-state index contributed by atoms with van der Waals surface area (Å²) in [5.74, 6) is 1.13. The van der Waals surface area contributed by atoms with E-state index in [0.29, 0.717) is 10.0 Å². The zero-order chi connectivity index (χ0) is 12.3. The number of hydrogen-bond donors (Lipinski definition) is 1. The number of thioether (sulfide) groups is 1. The zero-order valence-corrected chi connectivity index (χ0v) is 11.9. The van der Waals surface area contributed by atoms with Crippen LogP contribution in [0.25, 0.3) is 0 Å². The van der Waals surface area contributed by atoms with E-state index in [9.17, 15) is 0 Å². The van der Waals surface area contributed by atoms with Crippen molar-refractivity contribution in [1.82, 2.24) is 5.32 Å². The van der Waals surface area contributed by atoms with Crippen LogP contribution in [0.2, 0.25) is 10.0 Å². The summed E-state index contributed by atoms with van der Waals surface area (Å²) >= 11 is 13.8. The van der Waals surface area contributed by atoms with E-state index in [-0.39, 0.29) is 6.04 Å². The molecule has 1 aliphatic heterocycles. The molecular formula is C12H14Cl2N2S. The molecule has 1 unspecified atom stereocenters. The zero-order valence-electron chi connectivity index (χ0n) is 9.54. The van der Waals surface area contributed by atoms with E-state index < -0.39 is 0 Å². The van der Waals surface area contributed by atoms with Crippen LogP contribution in [0.5, 0.6) is 0 Å². The molecule has 0 saturated heterocycles. The second-order valence-electron chi connectivity index (χ2n) is 3.92. The summed E-state index contributed by atoms with van der Waals surface area (Å²) in [6.07, 6.45) is 1.16. The first-order valence-electron chi connectivity index (χ1n) is 5.55. The Morgan fingerprint density at radius 1 is 1.41 bits per heavy atom. The lowest BCUT2D eigenvalue weighted by atomic mass is 10.1. The molecule has 0 saturated carbocycles. The summed E-state index contributed by atoms with van der Waals surface area (Å²) in [4.78, 5) is 4.44. The van der Waals surface area contributed by atoms with Crippen molar-refractivity contribution in [2.24, 2.45) is 4.99 Å². The standard InChI is InChI=1S/C12H14Cl2N2S/c1-8(16-12-15-5-2-6-17-12)10-4-3-9(13)7-11(10)14/h3-4,7-8H,2,5-6H2,1H3,(H,15,16). The fraction of sp³-hybridized carbons (Fsp3) is 0.417. The van der Waals surface area contributed by atoms with Gasteiger partial charge in [-0.3, -0.25) is 4.99 Å². The summed E-state index contributed by atoms with van der Waals surface area (Å²) in [6, 6.07) is 5.73. The SMILES string of the molecule is CC(NC1=NCCCS1)c1ccc(Cl)cc1Cl. The van der Waals surface area contributed by atoms with E-state index in [4.69, 9.17) is 23.2 Å². The molecule has 2 nitrogen and oxygen atoms in total. The van der Waals surface area contributed by atoms with Gasteiger partial charge < -0.3 is 5.32 Å². The molecular weight excluding hydrogens is 275 g/mol. The highest BCUT2D eigenvalue weighted by Gasteiger charge is 2.13. The Morgan fingerprint density at radius 3 is 2.88 bits per heavy atom. The first-order chi connectivity index (χ1) is 8.16. The highest BCUT2D eigenvalue weighted by atomic mass is 35.5. The molecule has 5 heteroatoms. The maximum Gasteiger partial charge on any atom is 0.157 e. The van der Waals surface area contributed by atoms with Crippen LogP contribution in [0.15, 0.2) is 23.2 Å². The number of nitrogens with zero attached hydrogens (tertiary/aromatic N) is 1. The lowest BCUT2D eigenvalue weighted by molar-refractivity contribution is 0.718. The van der Waals surface area contributed by atoms with Crippen LogP contribution in [0.4, 0.5) is 0 Å². The quantitative estimate of drug-likeness (QED) is 0.885. The summed E-state index contributed by atoms with van der Waals surface area (Å²) in [6.45, 7) is 2.99. The Hall–Kier alpha value is -0.380. The van der Waals surface area contributed by atoms with Gasteiger partial charge in [0.05, 0.1) is 6.04 Å². The van der Waals surface area contributed by atoms with Crippen LogP contribution in [-0.4, -0.2) is 17.5 Å². The predicted molar refractivity (Wildman–Crippen MR) is 77.4 cm³/mol. The van der Waals surface area contributed by atoms with Crippen molar-refractivity contribution >= 4 is 40.1 Å². The van der Waals surface area contributed by atoms with Crippen molar-refractivity contribution in [3.8, 4) is 0 Å². The smallest absolute Gasteiger partial charge is 0.157 e. The minimum absolute atomic E-state index is 0.143. The van der Waals surface area contributed by atoms with E-state index in [1.54, 1.807) is 17.8 Å². The third-order valence-electron chi connectivity index (χ3n) is 2.57. The second kappa shape index (κ2) is 5.98. The number of nitrogens with one attached hydrogen (secondary N) is 1. The van der Waals surface area contributed by atoms with Crippen LogP contribution in [0, 0.1) is 0 Å². The van der Waals surface area contributed by atoms with Gasteiger partial charge in [0.15, 0.2) is 5.17 Å².